The molecule has 0 bridgehead atoms. The van der Waals surface area contributed by atoms with E-state index < -0.39 is 0 Å². The van der Waals surface area contributed by atoms with Crippen LogP contribution in [0.4, 0.5) is 0 Å². The predicted octanol–water partition coefficient (Wildman–Crippen LogP) is 4.32. The minimum absolute atomic E-state index is 0.512. The Bertz CT molecular complexity index is 847. The van der Waals surface area contributed by atoms with Crippen molar-refractivity contribution in [2.24, 2.45) is 5.92 Å². The van der Waals surface area contributed by atoms with Crippen LogP contribution in [0.3, 0.4) is 0 Å². The van der Waals surface area contributed by atoms with Crippen LogP contribution in [-0.2, 0) is 6.42 Å². The van der Waals surface area contributed by atoms with E-state index in [1.165, 1.54) is 0 Å². The lowest BCUT2D eigenvalue weighted by atomic mass is 10.1. The van der Waals surface area contributed by atoms with E-state index >= 15 is 0 Å². The van der Waals surface area contributed by atoms with E-state index in [1.54, 1.807) is 0 Å². The SMILES string of the molecule is Cc1cc(-c2nnc(-c3cc(C)nc(CC(C)C)c3)o2)cc(C)n1. The van der Waals surface area contributed by atoms with Gasteiger partial charge in [0.15, 0.2) is 0 Å². The van der Waals surface area contributed by atoms with E-state index in [0.29, 0.717) is 17.7 Å². The fourth-order valence-electron chi connectivity index (χ4n) is 2.80. The first kappa shape index (κ1) is 16.3. The molecule has 3 heterocycles. The number of rotatable bonds is 4. The lowest BCUT2D eigenvalue weighted by molar-refractivity contribution is 0.583. The average molecular weight is 322 g/mol. The Morgan fingerprint density at radius 1 is 0.792 bits per heavy atom. The van der Waals surface area contributed by atoms with Crippen LogP contribution in [0.15, 0.2) is 28.7 Å². The number of aromatic nitrogens is 4. The first-order chi connectivity index (χ1) is 11.4. The highest BCUT2D eigenvalue weighted by molar-refractivity contribution is 5.59. The molecule has 5 nitrogen and oxygen atoms in total. The molecule has 0 N–H and O–H groups in total. The zero-order valence-electron chi connectivity index (χ0n) is 14.8. The van der Waals surface area contributed by atoms with Crippen molar-refractivity contribution in [1.82, 2.24) is 20.2 Å². The van der Waals surface area contributed by atoms with Gasteiger partial charge in [0, 0.05) is 33.9 Å². The van der Waals surface area contributed by atoms with Crippen LogP contribution in [0.5, 0.6) is 0 Å². The van der Waals surface area contributed by atoms with E-state index in [2.05, 4.69) is 34.0 Å². The summed E-state index contributed by atoms with van der Waals surface area (Å²) in [6.45, 7) is 10.3. The van der Waals surface area contributed by atoms with Crippen LogP contribution < -0.4 is 0 Å². The molecule has 0 unspecified atom stereocenters. The summed E-state index contributed by atoms with van der Waals surface area (Å²) in [5.74, 6) is 1.58. The quantitative estimate of drug-likeness (QED) is 0.716. The number of hydrogen-bond acceptors (Lipinski definition) is 5. The molecule has 3 rings (SSSR count). The van der Waals surface area contributed by atoms with Crippen molar-refractivity contribution >= 4 is 0 Å². The Balaban J connectivity index is 1.97. The van der Waals surface area contributed by atoms with E-state index in [-0.39, 0.29) is 0 Å². The number of nitrogens with zero attached hydrogens (tertiary/aromatic N) is 4. The fourth-order valence-corrected chi connectivity index (χ4v) is 2.80. The smallest absolute Gasteiger partial charge is 0.248 e. The Labute approximate surface area is 142 Å². The molecule has 0 atom stereocenters. The van der Waals surface area contributed by atoms with Crippen molar-refractivity contribution in [1.29, 1.82) is 0 Å². The van der Waals surface area contributed by atoms with Gasteiger partial charge in [0.1, 0.15) is 0 Å². The standard InChI is InChI=1S/C19H22N4O/c1-11(2)6-17-10-16(9-14(5)21-17)19-23-22-18(24-19)15-7-12(3)20-13(4)8-15/h7-11H,6H2,1-5H3. The lowest BCUT2D eigenvalue weighted by Crippen LogP contribution is -1.99. The van der Waals surface area contributed by atoms with E-state index in [9.17, 15) is 0 Å². The van der Waals surface area contributed by atoms with Gasteiger partial charge in [-0.3, -0.25) is 9.97 Å². The average Bonchev–Trinajstić information content (AvgIpc) is 2.94. The lowest BCUT2D eigenvalue weighted by Gasteiger charge is -2.06. The molecule has 0 aliphatic heterocycles. The molecule has 0 saturated heterocycles. The summed E-state index contributed by atoms with van der Waals surface area (Å²) in [5.41, 5.74) is 5.69. The topological polar surface area (TPSA) is 64.7 Å². The van der Waals surface area contributed by atoms with Crippen molar-refractivity contribution in [2.45, 2.75) is 41.0 Å². The highest BCUT2D eigenvalue weighted by Crippen LogP contribution is 2.26. The Morgan fingerprint density at radius 2 is 1.29 bits per heavy atom. The van der Waals surface area contributed by atoms with Gasteiger partial charge >= 0.3 is 0 Å². The molecule has 0 aliphatic carbocycles. The molecule has 0 aromatic carbocycles. The summed E-state index contributed by atoms with van der Waals surface area (Å²) in [6, 6.07) is 7.91. The molecule has 124 valence electrons. The number of hydrogen-bond donors (Lipinski definition) is 0. The molecule has 3 aromatic heterocycles. The van der Waals surface area contributed by atoms with Crippen molar-refractivity contribution in [2.75, 3.05) is 0 Å². The van der Waals surface area contributed by atoms with Crippen LogP contribution in [0.25, 0.3) is 22.9 Å². The van der Waals surface area contributed by atoms with Gasteiger partial charge < -0.3 is 4.42 Å². The zero-order chi connectivity index (χ0) is 17.3. The monoisotopic (exact) mass is 322 g/mol. The molecule has 0 aliphatic rings. The molecule has 0 saturated carbocycles. The van der Waals surface area contributed by atoms with Crippen LogP contribution in [0.2, 0.25) is 0 Å². The van der Waals surface area contributed by atoms with Gasteiger partial charge in [-0.05, 0) is 57.4 Å². The molecule has 0 fully saturated rings. The summed E-state index contributed by atoms with van der Waals surface area (Å²) in [6.07, 6.45) is 0.929. The second-order valence-corrected chi connectivity index (χ2v) is 6.64. The molecular weight excluding hydrogens is 300 g/mol. The number of pyridine rings is 2. The predicted molar refractivity (Wildman–Crippen MR) is 93.5 cm³/mol. The molecule has 5 heteroatoms. The Morgan fingerprint density at radius 3 is 1.83 bits per heavy atom. The summed E-state index contributed by atoms with van der Waals surface area (Å²) in [7, 11) is 0. The van der Waals surface area contributed by atoms with E-state index in [4.69, 9.17) is 4.42 Å². The van der Waals surface area contributed by atoms with Crippen molar-refractivity contribution < 1.29 is 4.42 Å². The maximum absolute atomic E-state index is 5.90. The van der Waals surface area contributed by atoms with Crippen molar-refractivity contribution in [3.8, 4) is 22.9 Å². The third-order valence-corrected chi connectivity index (χ3v) is 3.62. The first-order valence-electron chi connectivity index (χ1n) is 8.18. The van der Waals surface area contributed by atoms with E-state index in [1.807, 2.05) is 45.0 Å². The van der Waals surface area contributed by atoms with Crippen LogP contribution in [-0.4, -0.2) is 20.2 Å². The van der Waals surface area contributed by atoms with Gasteiger partial charge in [-0.2, -0.15) is 0 Å². The Kier molecular flexibility index (Phi) is 4.42. The summed E-state index contributed by atoms with van der Waals surface area (Å²) in [4.78, 5) is 8.97. The highest BCUT2D eigenvalue weighted by atomic mass is 16.4. The third-order valence-electron chi connectivity index (χ3n) is 3.62. The van der Waals surface area contributed by atoms with Gasteiger partial charge in [0.25, 0.3) is 0 Å². The maximum Gasteiger partial charge on any atom is 0.248 e. The van der Waals surface area contributed by atoms with Crippen molar-refractivity contribution in [3.05, 3.63) is 47.0 Å². The second-order valence-electron chi connectivity index (χ2n) is 6.64. The second kappa shape index (κ2) is 6.51. The molecule has 0 amide bonds. The molecule has 24 heavy (non-hydrogen) atoms. The molecule has 0 spiro atoms. The van der Waals surface area contributed by atoms with Crippen LogP contribution in [0, 0.1) is 26.7 Å². The van der Waals surface area contributed by atoms with Gasteiger partial charge in [-0.25, -0.2) is 0 Å². The van der Waals surface area contributed by atoms with E-state index in [0.717, 1.165) is 40.3 Å². The fraction of sp³-hybridized carbons (Fsp3) is 0.368. The summed E-state index contributed by atoms with van der Waals surface area (Å²) >= 11 is 0. The normalized spacial score (nSPS) is 11.2. The van der Waals surface area contributed by atoms with Gasteiger partial charge in [-0.1, -0.05) is 13.8 Å². The summed E-state index contributed by atoms with van der Waals surface area (Å²) in [5, 5.41) is 8.42. The maximum atomic E-state index is 5.90. The first-order valence-corrected chi connectivity index (χ1v) is 8.18. The van der Waals surface area contributed by atoms with Gasteiger partial charge in [0.2, 0.25) is 11.8 Å². The summed E-state index contributed by atoms with van der Waals surface area (Å²) < 4.78 is 5.90. The van der Waals surface area contributed by atoms with Crippen molar-refractivity contribution in [3.63, 3.8) is 0 Å². The Hall–Kier alpha value is -2.56. The van der Waals surface area contributed by atoms with Crippen LogP contribution >= 0.6 is 0 Å². The number of aryl methyl sites for hydroxylation is 3. The zero-order valence-corrected chi connectivity index (χ0v) is 14.8. The molecule has 3 aromatic rings. The highest BCUT2D eigenvalue weighted by Gasteiger charge is 2.13. The minimum atomic E-state index is 0.512. The molecule has 0 radical (unpaired) electrons. The van der Waals surface area contributed by atoms with Gasteiger partial charge in [-0.15, -0.1) is 10.2 Å². The largest absolute Gasteiger partial charge is 0.416 e. The minimum Gasteiger partial charge on any atom is -0.416 e. The van der Waals surface area contributed by atoms with Gasteiger partial charge in [0.05, 0.1) is 0 Å². The molecular formula is C19H22N4O. The van der Waals surface area contributed by atoms with Crippen LogP contribution in [0.1, 0.15) is 36.6 Å². The third kappa shape index (κ3) is 3.67.